The van der Waals surface area contributed by atoms with Crippen LogP contribution in [0.3, 0.4) is 0 Å². The van der Waals surface area contributed by atoms with Crippen LogP contribution < -0.4 is 5.32 Å². The van der Waals surface area contributed by atoms with Crippen molar-refractivity contribution in [2.45, 2.75) is 5.92 Å². The Morgan fingerprint density at radius 2 is 1.20 bits per heavy atom. The molecule has 0 saturated heterocycles. The summed E-state index contributed by atoms with van der Waals surface area (Å²) in [6, 6.07) is 22.2. The summed E-state index contributed by atoms with van der Waals surface area (Å²) in [5.74, 6) is -0.700. The topological polar surface area (TPSA) is 29.1 Å². The second-order valence-corrected chi connectivity index (χ2v) is 6.74. The van der Waals surface area contributed by atoms with Gasteiger partial charge in [-0.1, -0.05) is 95.5 Å². The fraction of sp³-hybridized carbons (Fsp3) is 0.0500. The van der Waals surface area contributed by atoms with Crippen LogP contribution in [0.1, 0.15) is 17.0 Å². The summed E-state index contributed by atoms with van der Waals surface area (Å²) in [5, 5.41) is 3.85. The minimum atomic E-state index is -0.481. The highest BCUT2D eigenvalue weighted by atomic mass is 35.5. The quantitative estimate of drug-likeness (QED) is 0.547. The molecule has 0 aliphatic heterocycles. The molecular weight excluding hydrogens is 377 g/mol. The van der Waals surface area contributed by atoms with Crippen LogP contribution in [0.4, 0.5) is 5.69 Å². The van der Waals surface area contributed by atoms with Crippen LogP contribution in [0.5, 0.6) is 0 Å². The normalized spacial score (nSPS) is 10.7. The predicted molar refractivity (Wildman–Crippen MR) is 105 cm³/mol. The molecule has 0 unspecified atom stereocenters. The number of hydrogen-bond donors (Lipinski definition) is 1. The van der Waals surface area contributed by atoms with Crippen molar-refractivity contribution in [2.24, 2.45) is 0 Å². The van der Waals surface area contributed by atoms with E-state index in [1.165, 1.54) is 0 Å². The molecule has 0 aliphatic rings. The number of anilines is 1. The number of halogens is 3. The molecule has 3 aromatic carbocycles. The molecule has 0 atom stereocenters. The van der Waals surface area contributed by atoms with E-state index in [-0.39, 0.29) is 5.91 Å². The number of carbonyl (C=O) groups is 1. The van der Waals surface area contributed by atoms with Crippen LogP contribution >= 0.6 is 34.8 Å². The van der Waals surface area contributed by atoms with E-state index in [1.807, 2.05) is 60.7 Å². The van der Waals surface area contributed by atoms with Crippen molar-refractivity contribution in [3.63, 3.8) is 0 Å². The van der Waals surface area contributed by atoms with Crippen molar-refractivity contribution in [1.82, 2.24) is 0 Å². The van der Waals surface area contributed by atoms with Crippen LogP contribution in [0, 0.1) is 0 Å². The van der Waals surface area contributed by atoms with Crippen molar-refractivity contribution in [1.29, 1.82) is 0 Å². The number of benzene rings is 3. The van der Waals surface area contributed by atoms with Crippen molar-refractivity contribution in [3.05, 3.63) is 99.0 Å². The number of amides is 1. The van der Waals surface area contributed by atoms with Gasteiger partial charge in [-0.25, -0.2) is 0 Å². The molecule has 2 nitrogen and oxygen atoms in total. The molecule has 0 spiro atoms. The maximum absolute atomic E-state index is 13.0. The average molecular weight is 391 g/mol. The van der Waals surface area contributed by atoms with Gasteiger partial charge < -0.3 is 5.32 Å². The number of carbonyl (C=O) groups excluding carboxylic acids is 1. The van der Waals surface area contributed by atoms with Gasteiger partial charge in [-0.2, -0.15) is 0 Å². The van der Waals surface area contributed by atoms with Crippen LogP contribution in [0.2, 0.25) is 15.1 Å². The number of nitrogens with one attached hydrogen (secondary N) is 1. The fourth-order valence-corrected chi connectivity index (χ4v) is 3.55. The van der Waals surface area contributed by atoms with Gasteiger partial charge >= 0.3 is 0 Å². The zero-order valence-corrected chi connectivity index (χ0v) is 15.3. The molecule has 0 saturated carbocycles. The molecule has 5 heteroatoms. The molecule has 0 heterocycles. The van der Waals surface area contributed by atoms with E-state index in [0.717, 1.165) is 11.1 Å². The van der Waals surface area contributed by atoms with E-state index in [0.29, 0.717) is 20.8 Å². The third kappa shape index (κ3) is 4.16. The lowest BCUT2D eigenvalue weighted by Crippen LogP contribution is -2.22. The lowest BCUT2D eigenvalue weighted by molar-refractivity contribution is -0.116. The first-order valence-corrected chi connectivity index (χ1v) is 8.75. The van der Waals surface area contributed by atoms with Gasteiger partial charge in [-0.15, -0.1) is 0 Å². The zero-order valence-electron chi connectivity index (χ0n) is 13.0. The van der Waals surface area contributed by atoms with Gasteiger partial charge in [0, 0.05) is 5.02 Å². The second kappa shape index (κ2) is 7.92. The molecular formula is C20H14Cl3NO. The van der Waals surface area contributed by atoms with Gasteiger partial charge in [-0.3, -0.25) is 4.79 Å². The van der Waals surface area contributed by atoms with E-state index >= 15 is 0 Å². The maximum atomic E-state index is 13.0. The molecule has 0 bridgehead atoms. The molecule has 0 aromatic heterocycles. The molecule has 1 amide bonds. The molecule has 1 N–H and O–H groups in total. The monoisotopic (exact) mass is 389 g/mol. The van der Waals surface area contributed by atoms with Gasteiger partial charge in [0.15, 0.2) is 0 Å². The Kier molecular flexibility index (Phi) is 5.64. The SMILES string of the molecule is O=C(Nc1c(Cl)cc(Cl)cc1Cl)C(c1ccccc1)c1ccccc1. The Morgan fingerprint density at radius 3 is 1.64 bits per heavy atom. The molecule has 0 fully saturated rings. The first-order valence-electron chi connectivity index (χ1n) is 7.61. The molecule has 3 aromatic rings. The summed E-state index contributed by atoms with van der Waals surface area (Å²) in [6.45, 7) is 0. The lowest BCUT2D eigenvalue weighted by Gasteiger charge is -2.19. The summed E-state index contributed by atoms with van der Waals surface area (Å²) in [4.78, 5) is 13.0. The summed E-state index contributed by atoms with van der Waals surface area (Å²) in [6.07, 6.45) is 0. The lowest BCUT2D eigenvalue weighted by atomic mass is 9.90. The molecule has 0 radical (unpaired) electrons. The Morgan fingerprint density at radius 1 is 0.760 bits per heavy atom. The van der Waals surface area contributed by atoms with Crippen LogP contribution in [-0.4, -0.2) is 5.91 Å². The summed E-state index contributed by atoms with van der Waals surface area (Å²) in [5.41, 5.74) is 2.12. The Labute approximate surface area is 161 Å². The average Bonchev–Trinajstić information content (AvgIpc) is 2.60. The molecule has 3 rings (SSSR count). The van der Waals surface area contributed by atoms with Gasteiger partial charge in [0.05, 0.1) is 21.7 Å². The summed E-state index contributed by atoms with van der Waals surface area (Å²) >= 11 is 18.3. The first-order chi connectivity index (χ1) is 12.1. The second-order valence-electron chi connectivity index (χ2n) is 5.49. The van der Waals surface area contributed by atoms with Crippen molar-refractivity contribution in [2.75, 3.05) is 5.32 Å². The summed E-state index contributed by atoms with van der Waals surface area (Å²) in [7, 11) is 0. The van der Waals surface area contributed by atoms with Crippen molar-refractivity contribution in [3.8, 4) is 0 Å². The third-order valence-corrected chi connectivity index (χ3v) is 4.60. The minimum Gasteiger partial charge on any atom is -0.323 e. The van der Waals surface area contributed by atoms with Crippen LogP contribution in [0.25, 0.3) is 0 Å². The standard InChI is InChI=1S/C20H14Cl3NO/c21-15-11-16(22)19(17(23)12-15)24-20(25)18(13-7-3-1-4-8-13)14-9-5-2-6-10-14/h1-12,18H,(H,24,25). The zero-order chi connectivity index (χ0) is 17.8. The molecule has 126 valence electrons. The highest BCUT2D eigenvalue weighted by Gasteiger charge is 2.24. The van der Waals surface area contributed by atoms with Gasteiger partial charge in [-0.05, 0) is 23.3 Å². The Hall–Kier alpha value is -2.00. The van der Waals surface area contributed by atoms with E-state index in [1.54, 1.807) is 12.1 Å². The van der Waals surface area contributed by atoms with E-state index in [9.17, 15) is 4.79 Å². The number of hydrogen-bond acceptors (Lipinski definition) is 1. The fourth-order valence-electron chi connectivity index (χ4n) is 2.64. The van der Waals surface area contributed by atoms with Gasteiger partial charge in [0.1, 0.15) is 0 Å². The van der Waals surface area contributed by atoms with E-state index in [2.05, 4.69) is 5.32 Å². The van der Waals surface area contributed by atoms with Crippen molar-refractivity contribution >= 4 is 46.4 Å². The van der Waals surface area contributed by atoms with E-state index < -0.39 is 5.92 Å². The van der Waals surface area contributed by atoms with Gasteiger partial charge in [0.2, 0.25) is 5.91 Å². The minimum absolute atomic E-state index is 0.219. The number of rotatable bonds is 4. The third-order valence-electron chi connectivity index (χ3n) is 3.78. The smallest absolute Gasteiger partial charge is 0.236 e. The largest absolute Gasteiger partial charge is 0.323 e. The molecule has 25 heavy (non-hydrogen) atoms. The highest BCUT2D eigenvalue weighted by Crippen LogP contribution is 2.35. The summed E-state index contributed by atoms with van der Waals surface area (Å²) < 4.78 is 0. The van der Waals surface area contributed by atoms with Gasteiger partial charge in [0.25, 0.3) is 0 Å². The first kappa shape index (κ1) is 17.8. The van der Waals surface area contributed by atoms with E-state index in [4.69, 9.17) is 34.8 Å². The van der Waals surface area contributed by atoms with Crippen molar-refractivity contribution < 1.29 is 4.79 Å². The molecule has 0 aliphatic carbocycles. The highest BCUT2D eigenvalue weighted by molar-refractivity contribution is 6.42. The Balaban J connectivity index is 1.99. The van der Waals surface area contributed by atoms with Crippen LogP contribution in [0.15, 0.2) is 72.8 Å². The Bertz CT molecular complexity index is 819. The van der Waals surface area contributed by atoms with Crippen LogP contribution in [-0.2, 0) is 4.79 Å². The predicted octanol–water partition coefficient (Wildman–Crippen LogP) is 6.42. The maximum Gasteiger partial charge on any atom is 0.236 e.